The van der Waals surface area contributed by atoms with Crippen LogP contribution in [0.2, 0.25) is 0 Å². The standard InChI is InChI=1S/C25H38N2O5/c1-4-32-25(29)13-16-27(21-10-6-5-9-20(21)26-14-7-8-15-26)24(28)18-19-11-12-22(30-2)23(17-19)31-3/h11-12,17,20-21H,4-10,13-16,18H2,1-3H3/t20-,21-/m1/s1. The number of carbonyl (C=O) groups is 2. The third kappa shape index (κ3) is 6.15. The number of amides is 1. The van der Waals surface area contributed by atoms with E-state index in [1.54, 1.807) is 14.2 Å². The molecule has 7 nitrogen and oxygen atoms in total. The summed E-state index contributed by atoms with van der Waals surface area (Å²) in [6, 6.07) is 6.12. The van der Waals surface area contributed by atoms with Gasteiger partial charge < -0.3 is 19.1 Å². The average molecular weight is 447 g/mol. The molecule has 0 aromatic heterocycles. The zero-order valence-electron chi connectivity index (χ0n) is 19.8. The fourth-order valence-corrected chi connectivity index (χ4v) is 5.14. The Morgan fingerprint density at radius 1 is 1.03 bits per heavy atom. The van der Waals surface area contributed by atoms with Gasteiger partial charge in [0.05, 0.1) is 33.7 Å². The van der Waals surface area contributed by atoms with Crippen molar-refractivity contribution in [2.24, 2.45) is 0 Å². The predicted octanol–water partition coefficient (Wildman–Crippen LogP) is 3.44. The molecule has 1 amide bonds. The third-order valence-corrected chi connectivity index (χ3v) is 6.69. The molecule has 0 bridgehead atoms. The Hall–Kier alpha value is -2.28. The quantitative estimate of drug-likeness (QED) is 0.513. The van der Waals surface area contributed by atoms with Crippen molar-refractivity contribution < 1.29 is 23.8 Å². The number of rotatable bonds is 10. The normalized spacial score (nSPS) is 21.2. The van der Waals surface area contributed by atoms with Crippen molar-refractivity contribution in [2.45, 2.75) is 70.4 Å². The molecule has 0 N–H and O–H groups in total. The van der Waals surface area contributed by atoms with E-state index < -0.39 is 0 Å². The first-order valence-electron chi connectivity index (χ1n) is 12.0. The monoisotopic (exact) mass is 446 g/mol. The maximum Gasteiger partial charge on any atom is 0.307 e. The van der Waals surface area contributed by atoms with E-state index in [0.717, 1.165) is 37.9 Å². The van der Waals surface area contributed by atoms with Crippen LogP contribution in [0.4, 0.5) is 0 Å². The molecule has 1 aromatic carbocycles. The maximum absolute atomic E-state index is 13.6. The third-order valence-electron chi connectivity index (χ3n) is 6.69. The van der Waals surface area contributed by atoms with Crippen LogP contribution in [-0.2, 0) is 20.7 Å². The molecule has 178 valence electrons. The van der Waals surface area contributed by atoms with Gasteiger partial charge in [-0.25, -0.2) is 0 Å². The topological polar surface area (TPSA) is 68.3 Å². The summed E-state index contributed by atoms with van der Waals surface area (Å²) in [4.78, 5) is 30.2. The summed E-state index contributed by atoms with van der Waals surface area (Å²) in [5.41, 5.74) is 0.877. The number of benzene rings is 1. The molecule has 0 spiro atoms. The van der Waals surface area contributed by atoms with Gasteiger partial charge in [0.15, 0.2) is 11.5 Å². The molecule has 1 aliphatic carbocycles. The highest BCUT2D eigenvalue weighted by molar-refractivity contribution is 5.80. The van der Waals surface area contributed by atoms with Crippen LogP contribution in [0.15, 0.2) is 18.2 Å². The molecule has 2 fully saturated rings. The molecule has 1 aliphatic heterocycles. The van der Waals surface area contributed by atoms with Crippen LogP contribution < -0.4 is 9.47 Å². The van der Waals surface area contributed by atoms with Crippen LogP contribution in [0.3, 0.4) is 0 Å². The lowest BCUT2D eigenvalue weighted by molar-refractivity contribution is -0.145. The Morgan fingerprint density at radius 3 is 2.44 bits per heavy atom. The fraction of sp³-hybridized carbons (Fsp3) is 0.680. The smallest absolute Gasteiger partial charge is 0.307 e. The van der Waals surface area contributed by atoms with Crippen LogP contribution in [0.25, 0.3) is 0 Å². The Morgan fingerprint density at radius 2 is 1.75 bits per heavy atom. The number of carbonyl (C=O) groups excluding carboxylic acids is 2. The van der Waals surface area contributed by atoms with Crippen LogP contribution >= 0.6 is 0 Å². The van der Waals surface area contributed by atoms with Gasteiger partial charge in [-0.3, -0.25) is 14.5 Å². The predicted molar refractivity (Wildman–Crippen MR) is 123 cm³/mol. The number of ether oxygens (including phenoxy) is 3. The van der Waals surface area contributed by atoms with E-state index in [1.165, 1.54) is 19.3 Å². The minimum atomic E-state index is -0.245. The van der Waals surface area contributed by atoms with E-state index in [-0.39, 0.29) is 30.8 Å². The zero-order valence-corrected chi connectivity index (χ0v) is 19.8. The number of hydrogen-bond donors (Lipinski definition) is 0. The van der Waals surface area contributed by atoms with Gasteiger partial charge in [0.2, 0.25) is 5.91 Å². The molecule has 2 aliphatic rings. The molecule has 1 heterocycles. The van der Waals surface area contributed by atoms with Crippen LogP contribution in [0.5, 0.6) is 11.5 Å². The Bertz CT molecular complexity index is 763. The van der Waals surface area contributed by atoms with Gasteiger partial charge in [0.1, 0.15) is 0 Å². The van der Waals surface area contributed by atoms with Crippen molar-refractivity contribution in [3.63, 3.8) is 0 Å². The van der Waals surface area contributed by atoms with Crippen LogP contribution in [0.1, 0.15) is 57.4 Å². The summed E-state index contributed by atoms with van der Waals surface area (Å²) < 4.78 is 15.9. The van der Waals surface area contributed by atoms with Crippen molar-refractivity contribution in [3.05, 3.63) is 23.8 Å². The number of esters is 1. The summed E-state index contributed by atoms with van der Waals surface area (Å²) in [5, 5.41) is 0. The lowest BCUT2D eigenvalue weighted by atomic mass is 9.87. The van der Waals surface area contributed by atoms with Gasteiger partial charge in [0, 0.05) is 18.6 Å². The second kappa shape index (κ2) is 12.1. The lowest BCUT2D eigenvalue weighted by Crippen LogP contribution is -2.55. The largest absolute Gasteiger partial charge is 0.493 e. The summed E-state index contributed by atoms with van der Waals surface area (Å²) in [6.45, 7) is 4.79. The van der Waals surface area contributed by atoms with Crippen molar-refractivity contribution >= 4 is 11.9 Å². The van der Waals surface area contributed by atoms with Crippen molar-refractivity contribution in [1.82, 2.24) is 9.80 Å². The average Bonchev–Trinajstić information content (AvgIpc) is 3.34. The van der Waals surface area contributed by atoms with Gasteiger partial charge in [-0.15, -0.1) is 0 Å². The minimum Gasteiger partial charge on any atom is -0.493 e. The molecule has 2 atom stereocenters. The van der Waals surface area contributed by atoms with Crippen molar-refractivity contribution in [2.75, 3.05) is 40.5 Å². The highest BCUT2D eigenvalue weighted by atomic mass is 16.5. The van der Waals surface area contributed by atoms with Gasteiger partial charge in [-0.2, -0.15) is 0 Å². The van der Waals surface area contributed by atoms with E-state index in [4.69, 9.17) is 14.2 Å². The van der Waals surface area contributed by atoms with E-state index in [2.05, 4.69) is 4.90 Å². The second-order valence-electron chi connectivity index (χ2n) is 8.67. The first kappa shape index (κ1) is 24.4. The highest BCUT2D eigenvalue weighted by Crippen LogP contribution is 2.31. The van der Waals surface area contributed by atoms with E-state index in [1.807, 2.05) is 30.0 Å². The molecular weight excluding hydrogens is 408 g/mol. The first-order chi connectivity index (χ1) is 15.6. The summed E-state index contributed by atoms with van der Waals surface area (Å²) in [6.07, 6.45) is 7.38. The van der Waals surface area contributed by atoms with E-state index >= 15 is 0 Å². The lowest BCUT2D eigenvalue weighted by Gasteiger charge is -2.44. The molecule has 1 saturated carbocycles. The van der Waals surface area contributed by atoms with Crippen molar-refractivity contribution in [1.29, 1.82) is 0 Å². The SMILES string of the molecule is CCOC(=O)CCN(C(=O)Cc1ccc(OC)c(OC)c1)[C@@H]1CCCC[C@H]1N1CCCC1. The molecule has 1 saturated heterocycles. The number of likely N-dealkylation sites (tertiary alicyclic amines) is 1. The van der Waals surface area contributed by atoms with Gasteiger partial charge in [0.25, 0.3) is 0 Å². The summed E-state index contributed by atoms with van der Waals surface area (Å²) in [5.74, 6) is 1.07. The Balaban J connectivity index is 1.79. The Kier molecular flexibility index (Phi) is 9.21. The first-order valence-corrected chi connectivity index (χ1v) is 12.0. The second-order valence-corrected chi connectivity index (χ2v) is 8.67. The fourth-order valence-electron chi connectivity index (χ4n) is 5.14. The van der Waals surface area contributed by atoms with Crippen LogP contribution in [0, 0.1) is 0 Å². The molecule has 1 aromatic rings. The van der Waals surface area contributed by atoms with Crippen LogP contribution in [-0.4, -0.2) is 74.2 Å². The molecule has 3 rings (SSSR count). The Labute approximate surface area is 192 Å². The number of hydrogen-bond acceptors (Lipinski definition) is 6. The minimum absolute atomic E-state index is 0.0533. The van der Waals surface area contributed by atoms with Gasteiger partial charge in [-0.1, -0.05) is 18.9 Å². The van der Waals surface area contributed by atoms with Crippen molar-refractivity contribution in [3.8, 4) is 11.5 Å². The maximum atomic E-state index is 13.6. The molecular formula is C25H38N2O5. The molecule has 0 unspecified atom stereocenters. The number of methoxy groups -OCH3 is 2. The van der Waals surface area contributed by atoms with E-state index in [0.29, 0.717) is 30.7 Å². The van der Waals surface area contributed by atoms with E-state index in [9.17, 15) is 9.59 Å². The zero-order chi connectivity index (χ0) is 22.9. The molecule has 32 heavy (non-hydrogen) atoms. The van der Waals surface area contributed by atoms with Gasteiger partial charge in [-0.05, 0) is 63.4 Å². The molecule has 0 radical (unpaired) electrons. The summed E-state index contributed by atoms with van der Waals surface area (Å²) >= 11 is 0. The summed E-state index contributed by atoms with van der Waals surface area (Å²) in [7, 11) is 3.19. The van der Waals surface area contributed by atoms with Gasteiger partial charge >= 0.3 is 5.97 Å². The molecule has 7 heteroatoms. The highest BCUT2D eigenvalue weighted by Gasteiger charge is 2.37. The number of nitrogens with zero attached hydrogens (tertiary/aromatic N) is 2.